The Morgan fingerprint density at radius 1 is 0.821 bits per heavy atom. The minimum atomic E-state index is 0.540. The number of para-hydroxylation sites is 3. The molecule has 0 atom stereocenters. The average Bonchev–Trinajstić information content (AvgIpc) is 3.06. The number of benzene rings is 3. The average molecular weight is 409 g/mol. The molecule has 0 saturated carbocycles. The lowest BCUT2D eigenvalue weighted by Crippen LogP contribution is -2.09. The number of halogens is 2. The van der Waals surface area contributed by atoms with Gasteiger partial charge in [-0.1, -0.05) is 59.6 Å². The lowest BCUT2D eigenvalue weighted by atomic mass is 10.2. The van der Waals surface area contributed by atoms with Gasteiger partial charge >= 0.3 is 0 Å². The van der Waals surface area contributed by atoms with Crippen molar-refractivity contribution in [2.24, 2.45) is 0 Å². The molecule has 0 radical (unpaired) electrons. The number of ether oxygens (including phenoxy) is 1. The molecule has 0 fully saturated rings. The van der Waals surface area contributed by atoms with E-state index in [1.807, 2.05) is 78.9 Å². The Balaban J connectivity index is 1.62. The molecule has 0 bridgehead atoms. The summed E-state index contributed by atoms with van der Waals surface area (Å²) in [5.41, 5.74) is 2.78. The summed E-state index contributed by atoms with van der Waals surface area (Å²) in [7, 11) is 0. The van der Waals surface area contributed by atoms with E-state index in [0.717, 1.165) is 28.2 Å². The molecule has 3 aromatic carbocycles. The van der Waals surface area contributed by atoms with Crippen LogP contribution in [0.25, 0.3) is 23.2 Å². The summed E-state index contributed by atoms with van der Waals surface area (Å²) in [6.07, 6.45) is 3.84. The third-order valence-electron chi connectivity index (χ3n) is 4.41. The summed E-state index contributed by atoms with van der Waals surface area (Å²) >= 11 is 12.6. The van der Waals surface area contributed by atoms with Crippen LogP contribution in [0.15, 0.2) is 72.8 Å². The van der Waals surface area contributed by atoms with Gasteiger partial charge in [-0.25, -0.2) is 4.98 Å². The fourth-order valence-electron chi connectivity index (χ4n) is 3.06. The maximum atomic E-state index is 6.28. The molecule has 0 amide bonds. The van der Waals surface area contributed by atoms with Crippen LogP contribution < -0.4 is 4.74 Å². The largest absolute Gasteiger partial charge is 0.492 e. The van der Waals surface area contributed by atoms with E-state index in [4.69, 9.17) is 32.9 Å². The number of imidazole rings is 1. The highest BCUT2D eigenvalue weighted by molar-refractivity contribution is 6.37. The van der Waals surface area contributed by atoms with Gasteiger partial charge in [0.05, 0.1) is 17.6 Å². The van der Waals surface area contributed by atoms with Crippen LogP contribution in [0.2, 0.25) is 10.0 Å². The lowest BCUT2D eigenvalue weighted by molar-refractivity contribution is 0.300. The summed E-state index contributed by atoms with van der Waals surface area (Å²) in [6.45, 7) is 1.21. The van der Waals surface area contributed by atoms with Gasteiger partial charge in [0.1, 0.15) is 18.2 Å². The number of aromatic nitrogens is 2. The zero-order chi connectivity index (χ0) is 19.3. The van der Waals surface area contributed by atoms with Crippen molar-refractivity contribution >= 4 is 46.4 Å². The van der Waals surface area contributed by atoms with E-state index < -0.39 is 0 Å². The molecule has 0 aliphatic carbocycles. The van der Waals surface area contributed by atoms with Crippen LogP contribution in [0.3, 0.4) is 0 Å². The molecule has 0 saturated heterocycles. The van der Waals surface area contributed by atoms with E-state index in [0.29, 0.717) is 23.2 Å². The molecule has 4 aromatic rings. The van der Waals surface area contributed by atoms with E-state index >= 15 is 0 Å². The van der Waals surface area contributed by atoms with E-state index in [9.17, 15) is 0 Å². The summed E-state index contributed by atoms with van der Waals surface area (Å²) < 4.78 is 8.01. The molecule has 3 nitrogen and oxygen atoms in total. The first-order valence-corrected chi connectivity index (χ1v) is 9.73. The second kappa shape index (κ2) is 8.51. The highest BCUT2D eigenvalue weighted by Gasteiger charge is 2.09. The molecule has 0 aliphatic heterocycles. The SMILES string of the molecule is Clc1cccc(Cl)c1/C=C/c1nc2ccccc2n1CCOc1ccccc1. The van der Waals surface area contributed by atoms with Crippen molar-refractivity contribution in [3.05, 3.63) is 94.2 Å². The lowest BCUT2D eigenvalue weighted by Gasteiger charge is -2.09. The van der Waals surface area contributed by atoms with E-state index in [1.165, 1.54) is 0 Å². The molecular weight excluding hydrogens is 391 g/mol. The van der Waals surface area contributed by atoms with Gasteiger partial charge in [0.2, 0.25) is 0 Å². The van der Waals surface area contributed by atoms with Crippen molar-refractivity contribution in [2.75, 3.05) is 6.61 Å². The molecule has 5 heteroatoms. The number of hydrogen-bond donors (Lipinski definition) is 0. The van der Waals surface area contributed by atoms with Crippen LogP contribution in [0, 0.1) is 0 Å². The molecule has 0 N–H and O–H groups in total. The predicted octanol–water partition coefficient (Wildman–Crippen LogP) is 6.59. The molecule has 28 heavy (non-hydrogen) atoms. The van der Waals surface area contributed by atoms with Crippen LogP contribution in [0.5, 0.6) is 5.75 Å². The topological polar surface area (TPSA) is 27.1 Å². The van der Waals surface area contributed by atoms with Gasteiger partial charge in [-0.2, -0.15) is 0 Å². The number of fused-ring (bicyclic) bond motifs is 1. The van der Waals surface area contributed by atoms with Gasteiger partial charge in [0, 0.05) is 15.6 Å². The standard InChI is InChI=1S/C23H18Cl2N2O/c24-19-9-6-10-20(25)18(19)13-14-23-26-21-11-4-5-12-22(21)27(23)15-16-28-17-7-2-1-3-8-17/h1-14H,15-16H2/b14-13+. The van der Waals surface area contributed by atoms with Crippen molar-refractivity contribution in [3.63, 3.8) is 0 Å². The molecule has 1 heterocycles. The van der Waals surface area contributed by atoms with Crippen LogP contribution in [0.4, 0.5) is 0 Å². The summed E-state index contributed by atoms with van der Waals surface area (Å²) in [5, 5.41) is 1.22. The Bertz CT molecular complexity index is 1100. The quantitative estimate of drug-likeness (QED) is 0.359. The fourth-order valence-corrected chi connectivity index (χ4v) is 3.58. The Morgan fingerprint density at radius 2 is 1.54 bits per heavy atom. The van der Waals surface area contributed by atoms with Crippen LogP contribution in [0.1, 0.15) is 11.4 Å². The van der Waals surface area contributed by atoms with Crippen LogP contribution in [-0.4, -0.2) is 16.2 Å². The summed E-state index contributed by atoms with van der Waals surface area (Å²) in [5.74, 6) is 1.68. The third kappa shape index (κ3) is 4.06. The smallest absolute Gasteiger partial charge is 0.133 e. The summed E-state index contributed by atoms with van der Waals surface area (Å²) in [6, 6.07) is 23.3. The van der Waals surface area contributed by atoms with E-state index in [2.05, 4.69) is 10.6 Å². The molecule has 1 aromatic heterocycles. The predicted molar refractivity (Wildman–Crippen MR) is 117 cm³/mol. The van der Waals surface area contributed by atoms with Gasteiger partial charge in [-0.15, -0.1) is 0 Å². The van der Waals surface area contributed by atoms with Crippen molar-refractivity contribution in [1.82, 2.24) is 9.55 Å². The zero-order valence-electron chi connectivity index (χ0n) is 15.1. The number of hydrogen-bond acceptors (Lipinski definition) is 2. The molecule has 0 aliphatic rings. The van der Waals surface area contributed by atoms with Crippen molar-refractivity contribution in [3.8, 4) is 5.75 Å². The zero-order valence-corrected chi connectivity index (χ0v) is 16.6. The number of rotatable bonds is 6. The minimum absolute atomic E-state index is 0.540. The summed E-state index contributed by atoms with van der Waals surface area (Å²) in [4.78, 5) is 4.75. The molecular formula is C23H18Cl2N2O. The van der Waals surface area contributed by atoms with Crippen LogP contribution >= 0.6 is 23.2 Å². The third-order valence-corrected chi connectivity index (χ3v) is 5.07. The van der Waals surface area contributed by atoms with Gasteiger partial charge in [-0.3, -0.25) is 0 Å². The van der Waals surface area contributed by atoms with Crippen molar-refractivity contribution in [1.29, 1.82) is 0 Å². The highest BCUT2D eigenvalue weighted by atomic mass is 35.5. The first kappa shape index (κ1) is 18.6. The van der Waals surface area contributed by atoms with Gasteiger partial charge < -0.3 is 9.30 Å². The Labute approximate surface area is 173 Å². The van der Waals surface area contributed by atoms with Gasteiger partial charge in [0.15, 0.2) is 0 Å². The Kier molecular flexibility index (Phi) is 5.65. The maximum Gasteiger partial charge on any atom is 0.133 e. The van der Waals surface area contributed by atoms with E-state index in [-0.39, 0.29) is 0 Å². The van der Waals surface area contributed by atoms with Crippen molar-refractivity contribution < 1.29 is 4.74 Å². The Morgan fingerprint density at radius 3 is 2.32 bits per heavy atom. The molecule has 0 spiro atoms. The molecule has 0 unspecified atom stereocenters. The van der Waals surface area contributed by atoms with E-state index in [1.54, 1.807) is 0 Å². The number of nitrogens with zero attached hydrogens (tertiary/aromatic N) is 2. The van der Waals surface area contributed by atoms with Gasteiger partial charge in [-0.05, 0) is 48.6 Å². The first-order chi connectivity index (χ1) is 13.7. The van der Waals surface area contributed by atoms with Gasteiger partial charge in [0.25, 0.3) is 0 Å². The first-order valence-electron chi connectivity index (χ1n) is 8.97. The molecule has 140 valence electrons. The maximum absolute atomic E-state index is 6.28. The minimum Gasteiger partial charge on any atom is -0.492 e. The Hall–Kier alpha value is -2.75. The second-order valence-electron chi connectivity index (χ2n) is 6.24. The molecule has 4 rings (SSSR count). The normalized spacial score (nSPS) is 11.4. The monoisotopic (exact) mass is 408 g/mol. The van der Waals surface area contributed by atoms with Crippen molar-refractivity contribution in [2.45, 2.75) is 6.54 Å². The second-order valence-corrected chi connectivity index (χ2v) is 7.05. The van der Waals surface area contributed by atoms with Crippen LogP contribution in [-0.2, 0) is 6.54 Å². The fraction of sp³-hybridized carbons (Fsp3) is 0.0870. The highest BCUT2D eigenvalue weighted by Crippen LogP contribution is 2.27.